The van der Waals surface area contributed by atoms with Crippen LogP contribution in [0.25, 0.3) is 0 Å². The molecule has 7 heteroatoms. The van der Waals surface area contributed by atoms with Crippen molar-refractivity contribution in [3.8, 4) is 0 Å². The van der Waals surface area contributed by atoms with Gasteiger partial charge in [0.2, 0.25) is 0 Å². The van der Waals surface area contributed by atoms with Crippen molar-refractivity contribution in [2.24, 2.45) is 0 Å². The zero-order chi connectivity index (χ0) is 10.5. The van der Waals surface area contributed by atoms with Gasteiger partial charge in [-0.3, -0.25) is 0 Å². The lowest BCUT2D eigenvalue weighted by molar-refractivity contribution is 0.607. The second-order valence-electron chi connectivity index (χ2n) is 2.86. The SMILES string of the molecule is Brc1ccnc(NCCn2cnnn2)c1. The first-order valence-electron chi connectivity index (χ1n) is 4.41. The molecule has 0 aliphatic rings. The van der Waals surface area contributed by atoms with Crippen molar-refractivity contribution in [2.75, 3.05) is 11.9 Å². The molecule has 2 aromatic heterocycles. The minimum Gasteiger partial charge on any atom is -0.368 e. The lowest BCUT2D eigenvalue weighted by Gasteiger charge is -2.04. The summed E-state index contributed by atoms with van der Waals surface area (Å²) in [7, 11) is 0. The third kappa shape index (κ3) is 2.98. The number of aromatic nitrogens is 5. The summed E-state index contributed by atoms with van der Waals surface area (Å²) < 4.78 is 2.66. The van der Waals surface area contributed by atoms with Crippen LogP contribution >= 0.6 is 15.9 Å². The molecule has 0 aliphatic carbocycles. The number of hydrogen-bond donors (Lipinski definition) is 1. The summed E-state index contributed by atoms with van der Waals surface area (Å²) in [5.41, 5.74) is 0. The van der Waals surface area contributed by atoms with Gasteiger partial charge in [-0.25, -0.2) is 9.67 Å². The molecule has 0 bridgehead atoms. The van der Waals surface area contributed by atoms with Crippen LogP contribution in [0.4, 0.5) is 5.82 Å². The summed E-state index contributed by atoms with van der Waals surface area (Å²) in [6, 6.07) is 3.80. The van der Waals surface area contributed by atoms with Crippen LogP contribution in [-0.4, -0.2) is 31.7 Å². The summed E-state index contributed by atoms with van der Waals surface area (Å²) in [5, 5.41) is 14.0. The Morgan fingerprint density at radius 1 is 1.47 bits per heavy atom. The van der Waals surface area contributed by atoms with Gasteiger partial charge in [0, 0.05) is 17.2 Å². The van der Waals surface area contributed by atoms with Crippen molar-refractivity contribution in [3.05, 3.63) is 29.1 Å². The van der Waals surface area contributed by atoms with Gasteiger partial charge in [-0.1, -0.05) is 15.9 Å². The van der Waals surface area contributed by atoms with E-state index in [0.29, 0.717) is 6.54 Å². The van der Waals surface area contributed by atoms with Crippen LogP contribution in [-0.2, 0) is 6.54 Å². The van der Waals surface area contributed by atoms with Gasteiger partial charge in [-0.2, -0.15) is 0 Å². The third-order valence-electron chi connectivity index (χ3n) is 1.76. The second-order valence-corrected chi connectivity index (χ2v) is 3.77. The summed E-state index contributed by atoms with van der Waals surface area (Å²) >= 11 is 3.38. The highest BCUT2D eigenvalue weighted by molar-refractivity contribution is 9.10. The Bertz CT molecular complexity index is 415. The highest BCUT2D eigenvalue weighted by atomic mass is 79.9. The molecule has 0 aromatic carbocycles. The maximum absolute atomic E-state index is 4.16. The van der Waals surface area contributed by atoms with Crippen LogP contribution in [0.3, 0.4) is 0 Å². The highest BCUT2D eigenvalue weighted by Crippen LogP contribution is 2.12. The predicted molar refractivity (Wildman–Crippen MR) is 58.2 cm³/mol. The van der Waals surface area contributed by atoms with Crippen molar-refractivity contribution in [1.29, 1.82) is 0 Å². The van der Waals surface area contributed by atoms with Gasteiger partial charge in [0.05, 0.1) is 6.54 Å². The molecular weight excluding hydrogens is 260 g/mol. The summed E-state index contributed by atoms with van der Waals surface area (Å²) in [4.78, 5) is 4.16. The normalized spacial score (nSPS) is 10.2. The molecule has 1 N–H and O–H groups in total. The molecule has 0 saturated heterocycles. The van der Waals surface area contributed by atoms with E-state index in [1.54, 1.807) is 17.2 Å². The lowest BCUT2D eigenvalue weighted by Crippen LogP contribution is -2.11. The Labute approximate surface area is 94.8 Å². The van der Waals surface area contributed by atoms with Gasteiger partial charge in [0.15, 0.2) is 0 Å². The largest absolute Gasteiger partial charge is 0.368 e. The molecule has 78 valence electrons. The van der Waals surface area contributed by atoms with Crippen molar-refractivity contribution in [1.82, 2.24) is 25.2 Å². The molecule has 0 radical (unpaired) electrons. The average Bonchev–Trinajstić information content (AvgIpc) is 2.71. The van der Waals surface area contributed by atoms with E-state index < -0.39 is 0 Å². The van der Waals surface area contributed by atoms with Crippen LogP contribution in [0.1, 0.15) is 0 Å². The Morgan fingerprint density at radius 2 is 2.40 bits per heavy atom. The van der Waals surface area contributed by atoms with Crippen molar-refractivity contribution in [2.45, 2.75) is 6.54 Å². The number of rotatable bonds is 4. The van der Waals surface area contributed by atoms with Gasteiger partial charge >= 0.3 is 0 Å². The minimum absolute atomic E-state index is 0.710. The van der Waals surface area contributed by atoms with E-state index in [0.717, 1.165) is 16.8 Å². The standard InChI is InChI=1S/C8H9BrN6/c9-7-1-2-10-8(5-7)11-3-4-15-6-12-13-14-15/h1-2,5-6H,3-4H2,(H,10,11). The van der Waals surface area contributed by atoms with Crippen LogP contribution in [0.5, 0.6) is 0 Å². The minimum atomic E-state index is 0.710. The Morgan fingerprint density at radius 3 is 3.13 bits per heavy atom. The fourth-order valence-electron chi connectivity index (χ4n) is 1.08. The van der Waals surface area contributed by atoms with Crippen LogP contribution in [0.15, 0.2) is 29.1 Å². The van der Waals surface area contributed by atoms with E-state index in [2.05, 4.69) is 41.8 Å². The van der Waals surface area contributed by atoms with Gasteiger partial charge in [-0.15, -0.1) is 5.10 Å². The van der Waals surface area contributed by atoms with Crippen LogP contribution < -0.4 is 5.32 Å². The second kappa shape index (κ2) is 4.83. The van der Waals surface area contributed by atoms with Gasteiger partial charge < -0.3 is 5.32 Å². The fraction of sp³-hybridized carbons (Fsp3) is 0.250. The number of halogens is 1. The molecule has 0 atom stereocenters. The van der Waals surface area contributed by atoms with Crippen molar-refractivity contribution >= 4 is 21.7 Å². The van der Waals surface area contributed by atoms with Crippen molar-refractivity contribution < 1.29 is 0 Å². The number of hydrogen-bond acceptors (Lipinski definition) is 5. The lowest BCUT2D eigenvalue weighted by atomic mass is 10.4. The van der Waals surface area contributed by atoms with E-state index in [-0.39, 0.29) is 0 Å². The highest BCUT2D eigenvalue weighted by Gasteiger charge is 1.95. The first-order valence-corrected chi connectivity index (χ1v) is 5.20. The Kier molecular flexibility index (Phi) is 3.23. The first-order chi connectivity index (χ1) is 7.34. The summed E-state index contributed by atoms with van der Waals surface area (Å²) in [6.45, 7) is 1.44. The molecule has 0 unspecified atom stereocenters. The third-order valence-corrected chi connectivity index (χ3v) is 2.25. The Hall–Kier alpha value is -1.50. The van der Waals surface area contributed by atoms with Crippen LogP contribution in [0.2, 0.25) is 0 Å². The zero-order valence-corrected chi connectivity index (χ0v) is 9.42. The molecule has 6 nitrogen and oxygen atoms in total. The maximum atomic E-state index is 4.16. The van der Waals surface area contributed by atoms with E-state index in [4.69, 9.17) is 0 Å². The van der Waals surface area contributed by atoms with Crippen LogP contribution in [0, 0.1) is 0 Å². The van der Waals surface area contributed by atoms with E-state index in [1.165, 1.54) is 0 Å². The van der Waals surface area contributed by atoms with E-state index in [1.807, 2.05) is 12.1 Å². The fourth-order valence-corrected chi connectivity index (χ4v) is 1.42. The quantitative estimate of drug-likeness (QED) is 0.894. The smallest absolute Gasteiger partial charge is 0.138 e. The average molecular weight is 269 g/mol. The predicted octanol–water partition coefficient (Wildman–Crippen LogP) is 0.943. The van der Waals surface area contributed by atoms with E-state index in [9.17, 15) is 0 Å². The number of nitrogens with one attached hydrogen (secondary N) is 1. The molecule has 0 amide bonds. The molecular formula is C8H9BrN6. The summed E-state index contributed by atoms with van der Waals surface area (Å²) in [6.07, 6.45) is 3.32. The number of nitrogens with zero attached hydrogens (tertiary/aromatic N) is 5. The molecule has 0 aliphatic heterocycles. The topological polar surface area (TPSA) is 68.5 Å². The zero-order valence-electron chi connectivity index (χ0n) is 7.84. The molecule has 2 heterocycles. The van der Waals surface area contributed by atoms with E-state index >= 15 is 0 Å². The molecule has 0 fully saturated rings. The molecule has 0 spiro atoms. The molecule has 15 heavy (non-hydrogen) atoms. The van der Waals surface area contributed by atoms with Crippen molar-refractivity contribution in [3.63, 3.8) is 0 Å². The first kappa shape index (κ1) is 10.0. The monoisotopic (exact) mass is 268 g/mol. The Balaban J connectivity index is 1.83. The van der Waals surface area contributed by atoms with Gasteiger partial charge in [-0.05, 0) is 22.6 Å². The summed E-state index contributed by atoms with van der Waals surface area (Å²) in [5.74, 6) is 0.831. The number of pyridine rings is 1. The molecule has 0 saturated carbocycles. The maximum Gasteiger partial charge on any atom is 0.138 e. The number of tetrazole rings is 1. The molecule has 2 aromatic rings. The van der Waals surface area contributed by atoms with Gasteiger partial charge in [0.25, 0.3) is 0 Å². The number of anilines is 1. The molecule has 2 rings (SSSR count). The van der Waals surface area contributed by atoms with Gasteiger partial charge in [0.1, 0.15) is 12.1 Å².